The monoisotopic (exact) mass is 363 g/mol. The van der Waals surface area contributed by atoms with Gasteiger partial charge in [0, 0.05) is 21.5 Å². The van der Waals surface area contributed by atoms with Crippen LogP contribution in [0.1, 0.15) is 30.4 Å². The lowest BCUT2D eigenvalue weighted by molar-refractivity contribution is 0.129. The van der Waals surface area contributed by atoms with E-state index in [0.29, 0.717) is 21.9 Å². The van der Waals surface area contributed by atoms with Crippen LogP contribution in [0.2, 0.25) is 10.0 Å². The van der Waals surface area contributed by atoms with Crippen molar-refractivity contribution in [2.75, 3.05) is 7.11 Å². The summed E-state index contributed by atoms with van der Waals surface area (Å²) in [6.07, 6.45) is 1.10. The largest absolute Gasteiger partial charge is 0.497 e. The fourth-order valence-corrected chi connectivity index (χ4v) is 3.32. The normalized spacial score (nSPS) is 19.9. The van der Waals surface area contributed by atoms with Crippen molar-refractivity contribution in [1.82, 2.24) is 0 Å². The van der Waals surface area contributed by atoms with E-state index in [1.807, 2.05) is 25.1 Å². The second kappa shape index (κ2) is 7.45. The van der Waals surface area contributed by atoms with Crippen LogP contribution in [0.15, 0.2) is 47.6 Å². The Kier molecular flexibility index (Phi) is 5.32. The van der Waals surface area contributed by atoms with E-state index in [1.165, 1.54) is 5.56 Å². The van der Waals surface area contributed by atoms with Crippen LogP contribution in [0.5, 0.6) is 5.75 Å². The minimum Gasteiger partial charge on any atom is -0.497 e. The molecule has 0 amide bonds. The molecule has 2 aromatic carbocycles. The molecule has 3 rings (SSSR count). The minimum absolute atomic E-state index is 0.274. The molecule has 1 saturated carbocycles. The number of benzene rings is 2. The summed E-state index contributed by atoms with van der Waals surface area (Å²) in [5.41, 5.74) is 3.07. The first-order chi connectivity index (χ1) is 11.6. The first kappa shape index (κ1) is 17.1. The average Bonchev–Trinajstić information content (AvgIpc) is 3.38. The second-order valence-electron chi connectivity index (χ2n) is 5.93. The van der Waals surface area contributed by atoms with Crippen molar-refractivity contribution in [2.24, 2.45) is 11.1 Å². The van der Waals surface area contributed by atoms with E-state index >= 15 is 0 Å². The summed E-state index contributed by atoms with van der Waals surface area (Å²) in [6.45, 7) is 2.28. The van der Waals surface area contributed by atoms with Crippen LogP contribution in [0.25, 0.3) is 0 Å². The van der Waals surface area contributed by atoms with E-state index < -0.39 is 0 Å². The molecule has 0 heterocycles. The highest BCUT2D eigenvalue weighted by molar-refractivity contribution is 6.35. The van der Waals surface area contributed by atoms with Gasteiger partial charge in [0.1, 0.15) is 12.4 Å². The topological polar surface area (TPSA) is 30.8 Å². The number of rotatable bonds is 6. The molecule has 0 bridgehead atoms. The second-order valence-corrected chi connectivity index (χ2v) is 6.74. The molecule has 0 radical (unpaired) electrons. The Labute approximate surface area is 152 Å². The van der Waals surface area contributed by atoms with E-state index in [2.05, 4.69) is 17.3 Å². The van der Waals surface area contributed by atoms with Gasteiger partial charge in [-0.25, -0.2) is 0 Å². The molecule has 1 aliphatic rings. The summed E-state index contributed by atoms with van der Waals surface area (Å²) in [4.78, 5) is 5.46. The van der Waals surface area contributed by atoms with Crippen LogP contribution in [-0.4, -0.2) is 12.8 Å². The fourth-order valence-electron chi connectivity index (χ4n) is 2.81. The predicted molar refractivity (Wildman–Crippen MR) is 98.2 cm³/mol. The van der Waals surface area contributed by atoms with E-state index in [0.717, 1.165) is 23.4 Å². The van der Waals surface area contributed by atoms with Gasteiger partial charge in [-0.05, 0) is 49.1 Å². The molecule has 0 saturated heterocycles. The highest BCUT2D eigenvalue weighted by atomic mass is 35.5. The van der Waals surface area contributed by atoms with Gasteiger partial charge in [0.05, 0.1) is 12.8 Å². The molecular formula is C19H19Cl2NO2. The average molecular weight is 364 g/mol. The Hall–Kier alpha value is -1.71. The molecule has 2 unspecified atom stereocenters. The van der Waals surface area contributed by atoms with Gasteiger partial charge in [0.2, 0.25) is 0 Å². The van der Waals surface area contributed by atoms with Crippen molar-refractivity contribution in [3.63, 3.8) is 0 Å². The molecule has 2 aromatic rings. The molecule has 3 nitrogen and oxygen atoms in total. The zero-order valence-electron chi connectivity index (χ0n) is 13.6. The van der Waals surface area contributed by atoms with Gasteiger partial charge in [0.25, 0.3) is 0 Å². The molecule has 24 heavy (non-hydrogen) atoms. The van der Waals surface area contributed by atoms with Crippen LogP contribution in [-0.2, 0) is 11.4 Å². The molecule has 0 N–H and O–H groups in total. The summed E-state index contributed by atoms with van der Waals surface area (Å²) < 4.78 is 5.19. The highest BCUT2D eigenvalue weighted by Crippen LogP contribution is 2.48. The van der Waals surface area contributed by atoms with Crippen molar-refractivity contribution < 1.29 is 9.57 Å². The van der Waals surface area contributed by atoms with E-state index in [-0.39, 0.29) is 6.61 Å². The summed E-state index contributed by atoms with van der Waals surface area (Å²) >= 11 is 12.2. The quantitative estimate of drug-likeness (QED) is 0.486. The molecule has 1 fully saturated rings. The van der Waals surface area contributed by atoms with Crippen molar-refractivity contribution in [1.29, 1.82) is 0 Å². The van der Waals surface area contributed by atoms with Gasteiger partial charge in [-0.15, -0.1) is 0 Å². The van der Waals surface area contributed by atoms with E-state index in [9.17, 15) is 0 Å². The lowest BCUT2D eigenvalue weighted by Crippen LogP contribution is -1.99. The summed E-state index contributed by atoms with van der Waals surface area (Å²) in [5.74, 6) is 1.81. The van der Waals surface area contributed by atoms with Crippen LogP contribution >= 0.6 is 23.2 Å². The zero-order chi connectivity index (χ0) is 17.1. The number of methoxy groups -OCH3 is 1. The Balaban J connectivity index is 1.57. The minimum atomic E-state index is 0.274. The van der Waals surface area contributed by atoms with Crippen LogP contribution in [0.3, 0.4) is 0 Å². The Bertz CT molecular complexity index is 723. The smallest absolute Gasteiger partial charge is 0.145 e. The Morgan fingerprint density at radius 3 is 2.42 bits per heavy atom. The van der Waals surface area contributed by atoms with Crippen LogP contribution in [0, 0.1) is 5.92 Å². The number of oxime groups is 1. The molecule has 2 atom stereocenters. The standard InChI is InChI=1S/C19H19Cl2NO2/c1-12(22-24-11-17-18(20)4-3-5-19(17)21)15-10-16(15)13-6-8-14(23-2)9-7-13/h3-9,15-16H,10-11H2,1-2H3/b22-12+. The Morgan fingerprint density at radius 2 is 1.79 bits per heavy atom. The van der Waals surface area contributed by atoms with Gasteiger partial charge >= 0.3 is 0 Å². The maximum atomic E-state index is 6.12. The molecule has 1 aliphatic carbocycles. The number of hydrogen-bond acceptors (Lipinski definition) is 3. The first-order valence-electron chi connectivity index (χ1n) is 7.83. The van der Waals surface area contributed by atoms with Gasteiger partial charge in [-0.1, -0.05) is 46.6 Å². The molecule has 0 aromatic heterocycles. The molecule has 0 aliphatic heterocycles. The maximum Gasteiger partial charge on any atom is 0.145 e. The van der Waals surface area contributed by atoms with E-state index in [4.69, 9.17) is 32.8 Å². The van der Waals surface area contributed by atoms with Crippen LogP contribution in [0.4, 0.5) is 0 Å². The zero-order valence-corrected chi connectivity index (χ0v) is 15.1. The summed E-state index contributed by atoms with van der Waals surface area (Å²) in [7, 11) is 1.67. The third-order valence-electron chi connectivity index (χ3n) is 4.35. The van der Waals surface area contributed by atoms with Crippen molar-refractivity contribution in [3.8, 4) is 5.75 Å². The third-order valence-corrected chi connectivity index (χ3v) is 5.06. The molecule has 5 heteroatoms. The van der Waals surface area contributed by atoms with Gasteiger partial charge in [-0.3, -0.25) is 0 Å². The predicted octanol–water partition coefficient (Wildman–Crippen LogP) is 5.70. The Morgan fingerprint density at radius 1 is 1.12 bits per heavy atom. The summed E-state index contributed by atoms with van der Waals surface area (Å²) in [6, 6.07) is 13.6. The molecule has 0 spiro atoms. The summed E-state index contributed by atoms with van der Waals surface area (Å²) in [5, 5.41) is 5.44. The van der Waals surface area contributed by atoms with Gasteiger partial charge in [-0.2, -0.15) is 0 Å². The SMILES string of the molecule is COc1ccc(C2CC2/C(C)=N/OCc2c(Cl)cccc2Cl)cc1. The first-order valence-corrected chi connectivity index (χ1v) is 8.59. The lowest BCUT2D eigenvalue weighted by Gasteiger charge is -2.06. The number of halogens is 2. The van der Waals surface area contributed by atoms with Gasteiger partial charge < -0.3 is 9.57 Å². The van der Waals surface area contributed by atoms with Gasteiger partial charge in [0.15, 0.2) is 0 Å². The van der Waals surface area contributed by atoms with Crippen molar-refractivity contribution in [2.45, 2.75) is 25.9 Å². The molecule has 126 valence electrons. The van der Waals surface area contributed by atoms with E-state index in [1.54, 1.807) is 19.2 Å². The third kappa shape index (κ3) is 3.85. The fraction of sp³-hybridized carbons (Fsp3) is 0.316. The molecular weight excluding hydrogens is 345 g/mol. The van der Waals surface area contributed by atoms with Crippen LogP contribution < -0.4 is 4.74 Å². The number of hydrogen-bond donors (Lipinski definition) is 0. The van der Waals surface area contributed by atoms with Crippen molar-refractivity contribution in [3.05, 3.63) is 63.6 Å². The maximum absolute atomic E-state index is 6.12. The number of nitrogens with zero attached hydrogens (tertiary/aromatic N) is 1. The number of ether oxygens (including phenoxy) is 1. The highest BCUT2D eigenvalue weighted by Gasteiger charge is 2.40. The lowest BCUT2D eigenvalue weighted by atomic mass is 10.1. The van der Waals surface area contributed by atoms with Crippen molar-refractivity contribution >= 4 is 28.9 Å².